The normalized spacial score (nSPS) is 17.8. The minimum atomic E-state index is 0.211. The lowest BCUT2D eigenvalue weighted by Crippen LogP contribution is -2.49. The lowest BCUT2D eigenvalue weighted by Gasteiger charge is -2.35. The number of carbonyl (C=O) groups is 1. The van der Waals surface area contributed by atoms with E-state index in [2.05, 4.69) is 35.9 Å². The van der Waals surface area contributed by atoms with Gasteiger partial charge >= 0.3 is 0 Å². The zero-order valence-corrected chi connectivity index (χ0v) is 18.7. The maximum atomic E-state index is 13.1. The smallest absolute Gasteiger partial charge is 0.264 e. The molecule has 1 aliphatic heterocycles. The third kappa shape index (κ3) is 4.63. The topological polar surface area (TPSA) is 49.3 Å². The Balaban J connectivity index is 1.42. The Hall–Kier alpha value is -1.95. The van der Waals surface area contributed by atoms with E-state index in [0.717, 1.165) is 61.2 Å². The Morgan fingerprint density at radius 1 is 1.00 bits per heavy atom. The van der Waals surface area contributed by atoms with Gasteiger partial charge in [0.1, 0.15) is 11.6 Å². The van der Waals surface area contributed by atoms with Crippen molar-refractivity contribution in [2.24, 2.45) is 0 Å². The Kier molecular flexibility index (Phi) is 6.18. The van der Waals surface area contributed by atoms with E-state index in [1.165, 1.54) is 36.1 Å². The van der Waals surface area contributed by atoms with Crippen LogP contribution in [0.5, 0.6) is 0 Å². The second-order valence-electron chi connectivity index (χ2n) is 8.63. The van der Waals surface area contributed by atoms with E-state index < -0.39 is 0 Å². The van der Waals surface area contributed by atoms with Gasteiger partial charge in [0.25, 0.3) is 5.91 Å². The summed E-state index contributed by atoms with van der Waals surface area (Å²) in [6, 6.07) is 4.24. The summed E-state index contributed by atoms with van der Waals surface area (Å²) in [6.45, 7) is 9.43. The molecule has 2 aromatic heterocycles. The average molecular weight is 413 g/mol. The number of hydrogen-bond donors (Lipinski definition) is 0. The molecule has 0 bridgehead atoms. The van der Waals surface area contributed by atoms with E-state index >= 15 is 0 Å². The molecule has 29 heavy (non-hydrogen) atoms. The molecule has 0 saturated carbocycles. The first-order chi connectivity index (χ1) is 14.0. The number of nitrogens with zero attached hydrogens (tertiary/aromatic N) is 4. The van der Waals surface area contributed by atoms with E-state index in [0.29, 0.717) is 5.92 Å². The van der Waals surface area contributed by atoms with Crippen molar-refractivity contribution in [2.75, 3.05) is 31.1 Å². The van der Waals surface area contributed by atoms with Gasteiger partial charge in [-0.1, -0.05) is 26.7 Å². The number of thiophene rings is 1. The highest BCUT2D eigenvalue weighted by molar-refractivity contribution is 7.14. The minimum absolute atomic E-state index is 0.211. The number of aryl methyl sites for hydroxylation is 3. The fraction of sp³-hybridized carbons (Fsp3) is 0.609. The van der Waals surface area contributed by atoms with Crippen molar-refractivity contribution in [2.45, 2.75) is 65.2 Å². The molecule has 0 spiro atoms. The maximum Gasteiger partial charge on any atom is 0.264 e. The van der Waals surface area contributed by atoms with Crippen LogP contribution in [-0.4, -0.2) is 47.0 Å². The van der Waals surface area contributed by atoms with Gasteiger partial charge in [-0.3, -0.25) is 4.79 Å². The molecular weight excluding hydrogens is 380 g/mol. The van der Waals surface area contributed by atoms with E-state index in [1.807, 2.05) is 11.8 Å². The number of rotatable bonds is 3. The zero-order chi connectivity index (χ0) is 20.4. The molecule has 0 aromatic carbocycles. The molecule has 5 nitrogen and oxygen atoms in total. The average Bonchev–Trinajstić information content (AvgIpc) is 3.09. The van der Waals surface area contributed by atoms with Crippen LogP contribution in [0.1, 0.15) is 77.1 Å². The number of aromatic nitrogens is 2. The highest BCUT2D eigenvalue weighted by atomic mass is 32.1. The lowest BCUT2D eigenvalue weighted by molar-refractivity contribution is 0.0751. The number of amides is 1. The summed E-state index contributed by atoms with van der Waals surface area (Å²) in [6.07, 6.45) is 7.44. The highest BCUT2D eigenvalue weighted by Crippen LogP contribution is 2.29. The molecule has 3 heterocycles. The fourth-order valence-electron chi connectivity index (χ4n) is 4.24. The van der Waals surface area contributed by atoms with Crippen LogP contribution in [0.15, 0.2) is 12.1 Å². The first-order valence-corrected chi connectivity index (χ1v) is 11.8. The molecule has 0 N–H and O–H groups in total. The molecule has 1 aliphatic carbocycles. The number of fused-ring (bicyclic) bond motifs is 1. The first kappa shape index (κ1) is 20.3. The summed E-state index contributed by atoms with van der Waals surface area (Å²) in [4.78, 5) is 29.1. The number of anilines is 1. The van der Waals surface area contributed by atoms with Gasteiger partial charge < -0.3 is 9.80 Å². The molecule has 1 amide bonds. The van der Waals surface area contributed by atoms with Gasteiger partial charge in [0, 0.05) is 48.7 Å². The monoisotopic (exact) mass is 412 g/mol. The van der Waals surface area contributed by atoms with Crippen LogP contribution in [0, 0.1) is 6.92 Å². The quantitative estimate of drug-likeness (QED) is 0.740. The van der Waals surface area contributed by atoms with Gasteiger partial charge in [-0.2, -0.15) is 0 Å². The van der Waals surface area contributed by atoms with Crippen LogP contribution in [-0.2, 0) is 12.8 Å². The third-order valence-electron chi connectivity index (χ3n) is 5.97. The summed E-state index contributed by atoms with van der Waals surface area (Å²) in [7, 11) is 0. The third-order valence-corrected chi connectivity index (χ3v) is 7.20. The van der Waals surface area contributed by atoms with E-state index in [1.54, 1.807) is 11.3 Å². The maximum absolute atomic E-state index is 13.1. The van der Waals surface area contributed by atoms with Crippen molar-refractivity contribution in [3.63, 3.8) is 0 Å². The zero-order valence-electron chi connectivity index (χ0n) is 17.9. The van der Waals surface area contributed by atoms with Crippen molar-refractivity contribution in [1.29, 1.82) is 0 Å². The van der Waals surface area contributed by atoms with E-state index in [4.69, 9.17) is 4.98 Å². The van der Waals surface area contributed by atoms with Crippen LogP contribution < -0.4 is 4.90 Å². The van der Waals surface area contributed by atoms with E-state index in [-0.39, 0.29) is 5.91 Å². The van der Waals surface area contributed by atoms with Gasteiger partial charge in [-0.05, 0) is 44.2 Å². The molecule has 4 rings (SSSR count). The standard InChI is InChI=1S/C23H32N4OS/c1-16(2)22-24-17(3)14-21(25-22)26-10-12-27(13-11-26)23(28)20-15-18-8-6-4-5-7-9-19(18)29-20/h14-16H,4-13H2,1-3H3. The Labute approximate surface area is 178 Å². The van der Waals surface area contributed by atoms with E-state index in [9.17, 15) is 4.79 Å². The predicted octanol–water partition coefficient (Wildman–Crippen LogP) is 4.59. The Morgan fingerprint density at radius 3 is 2.45 bits per heavy atom. The predicted molar refractivity (Wildman–Crippen MR) is 119 cm³/mol. The molecule has 0 atom stereocenters. The Bertz CT molecular complexity index is 842. The fourth-order valence-corrected chi connectivity index (χ4v) is 5.46. The highest BCUT2D eigenvalue weighted by Gasteiger charge is 2.25. The molecule has 1 saturated heterocycles. The number of hydrogen-bond acceptors (Lipinski definition) is 5. The van der Waals surface area contributed by atoms with Crippen LogP contribution in [0.4, 0.5) is 5.82 Å². The second kappa shape index (κ2) is 8.82. The summed E-state index contributed by atoms with van der Waals surface area (Å²) >= 11 is 1.74. The molecule has 2 aliphatic rings. The molecule has 1 fully saturated rings. The second-order valence-corrected chi connectivity index (χ2v) is 9.77. The number of carbonyl (C=O) groups excluding carboxylic acids is 1. The molecule has 2 aromatic rings. The van der Waals surface area contributed by atoms with Gasteiger partial charge in [0.2, 0.25) is 0 Å². The molecule has 156 valence electrons. The summed E-state index contributed by atoms with van der Waals surface area (Å²) in [5.41, 5.74) is 2.43. The summed E-state index contributed by atoms with van der Waals surface area (Å²) in [5, 5.41) is 0. The van der Waals surface area contributed by atoms with Gasteiger partial charge in [-0.15, -0.1) is 11.3 Å². The minimum Gasteiger partial charge on any atom is -0.353 e. The summed E-state index contributed by atoms with van der Waals surface area (Å²) in [5.74, 6) is 2.42. The molecule has 6 heteroatoms. The van der Waals surface area contributed by atoms with Crippen LogP contribution in [0.3, 0.4) is 0 Å². The SMILES string of the molecule is Cc1cc(N2CCN(C(=O)c3cc4c(s3)CCCCCC4)CC2)nc(C(C)C)n1. The largest absolute Gasteiger partial charge is 0.353 e. The lowest BCUT2D eigenvalue weighted by atomic mass is 10.00. The van der Waals surface area contributed by atoms with Gasteiger partial charge in [-0.25, -0.2) is 9.97 Å². The van der Waals surface area contributed by atoms with Gasteiger partial charge in [0.05, 0.1) is 4.88 Å². The first-order valence-electron chi connectivity index (χ1n) is 11.0. The van der Waals surface area contributed by atoms with Crippen molar-refractivity contribution in [3.05, 3.63) is 39.0 Å². The number of piperazine rings is 1. The summed E-state index contributed by atoms with van der Waals surface area (Å²) < 4.78 is 0. The van der Waals surface area contributed by atoms with Crippen molar-refractivity contribution in [3.8, 4) is 0 Å². The van der Waals surface area contributed by atoms with Crippen LogP contribution in [0.25, 0.3) is 0 Å². The van der Waals surface area contributed by atoms with Crippen molar-refractivity contribution in [1.82, 2.24) is 14.9 Å². The molecule has 0 radical (unpaired) electrons. The van der Waals surface area contributed by atoms with Crippen LogP contribution >= 0.6 is 11.3 Å². The van der Waals surface area contributed by atoms with Crippen molar-refractivity contribution >= 4 is 23.1 Å². The van der Waals surface area contributed by atoms with Gasteiger partial charge in [0.15, 0.2) is 0 Å². The molecule has 0 unspecified atom stereocenters. The Morgan fingerprint density at radius 2 is 1.72 bits per heavy atom. The van der Waals surface area contributed by atoms with Crippen molar-refractivity contribution < 1.29 is 4.79 Å². The van der Waals surface area contributed by atoms with Crippen LogP contribution in [0.2, 0.25) is 0 Å². The molecular formula is C23H32N4OS.